The van der Waals surface area contributed by atoms with Crippen LogP contribution in [0, 0.1) is 11.3 Å². The molecule has 0 saturated heterocycles. The molecule has 0 radical (unpaired) electrons. The maximum atomic E-state index is 12.7. The molecule has 0 unspecified atom stereocenters. The van der Waals surface area contributed by atoms with Crippen molar-refractivity contribution < 1.29 is 13.2 Å². The molecule has 20 heavy (non-hydrogen) atoms. The summed E-state index contributed by atoms with van der Waals surface area (Å²) in [4.78, 5) is 4.18. The molecule has 0 fully saturated rings. The summed E-state index contributed by atoms with van der Waals surface area (Å²) in [5.74, 6) is -1.25. The molecule has 4 nitrogen and oxygen atoms in total. The van der Waals surface area contributed by atoms with Crippen LogP contribution in [0.4, 0.5) is 13.2 Å². The molecule has 0 atom stereocenters. The number of thiophene rings is 1. The third kappa shape index (κ3) is 1.92. The molecule has 0 aliphatic carbocycles. The quantitative estimate of drug-likeness (QED) is 0.691. The van der Waals surface area contributed by atoms with Crippen LogP contribution >= 0.6 is 11.3 Å². The topological polar surface area (TPSA) is 54.0 Å². The Labute approximate surface area is 114 Å². The fourth-order valence-electron chi connectivity index (χ4n) is 1.78. The van der Waals surface area contributed by atoms with Gasteiger partial charge < -0.3 is 0 Å². The van der Waals surface area contributed by atoms with Crippen LogP contribution in [0.25, 0.3) is 16.2 Å². The summed E-state index contributed by atoms with van der Waals surface area (Å²) in [6.45, 7) is 0. The van der Waals surface area contributed by atoms with E-state index in [1.807, 2.05) is 6.07 Å². The molecule has 0 saturated carbocycles. The highest BCUT2D eigenvalue weighted by molar-refractivity contribution is 7.13. The Hall–Kier alpha value is -2.40. The zero-order valence-corrected chi connectivity index (χ0v) is 10.5. The second-order valence-corrected chi connectivity index (χ2v) is 4.84. The lowest BCUT2D eigenvalue weighted by Gasteiger charge is -2.02. The van der Waals surface area contributed by atoms with Gasteiger partial charge in [-0.05, 0) is 23.6 Å². The van der Waals surface area contributed by atoms with Crippen LogP contribution in [0.1, 0.15) is 11.4 Å². The molecule has 0 aliphatic rings. The van der Waals surface area contributed by atoms with E-state index in [4.69, 9.17) is 5.26 Å². The fraction of sp³-hybridized carbons (Fsp3) is 0.0833. The highest BCUT2D eigenvalue weighted by Gasteiger charge is 2.37. The van der Waals surface area contributed by atoms with Crippen molar-refractivity contribution in [2.24, 2.45) is 0 Å². The van der Waals surface area contributed by atoms with Gasteiger partial charge in [-0.2, -0.15) is 18.4 Å². The number of rotatable bonds is 1. The number of halogens is 3. The van der Waals surface area contributed by atoms with Crippen molar-refractivity contribution in [1.29, 1.82) is 5.26 Å². The molecule has 100 valence electrons. The Morgan fingerprint density at radius 1 is 1.25 bits per heavy atom. The average molecular weight is 294 g/mol. The lowest BCUT2D eigenvalue weighted by molar-refractivity contribution is -0.144. The number of hydrogen-bond donors (Lipinski definition) is 0. The number of pyridine rings is 1. The van der Waals surface area contributed by atoms with Crippen molar-refractivity contribution in [3.63, 3.8) is 0 Å². The van der Waals surface area contributed by atoms with E-state index in [9.17, 15) is 13.2 Å². The van der Waals surface area contributed by atoms with Gasteiger partial charge in [-0.15, -0.1) is 16.4 Å². The van der Waals surface area contributed by atoms with E-state index in [0.717, 1.165) is 9.39 Å². The summed E-state index contributed by atoms with van der Waals surface area (Å²) in [6, 6.07) is 8.37. The molecule has 3 aromatic rings. The Bertz CT molecular complexity index is 812. The molecule has 0 aromatic carbocycles. The van der Waals surface area contributed by atoms with Crippen LogP contribution in [0.5, 0.6) is 0 Å². The van der Waals surface area contributed by atoms with E-state index in [0.29, 0.717) is 5.69 Å². The fourth-order valence-corrected chi connectivity index (χ4v) is 2.52. The van der Waals surface area contributed by atoms with Crippen LogP contribution in [0.3, 0.4) is 0 Å². The summed E-state index contributed by atoms with van der Waals surface area (Å²) in [5.41, 5.74) is 0.427. The van der Waals surface area contributed by atoms with E-state index in [1.165, 1.54) is 17.4 Å². The predicted molar refractivity (Wildman–Crippen MR) is 66.0 cm³/mol. The molecular formula is C12H5F3N4S. The van der Waals surface area contributed by atoms with Crippen molar-refractivity contribution in [3.8, 4) is 16.6 Å². The lowest BCUT2D eigenvalue weighted by atomic mass is 10.2. The van der Waals surface area contributed by atoms with E-state index >= 15 is 0 Å². The monoisotopic (exact) mass is 294 g/mol. The molecule has 0 spiro atoms. The van der Waals surface area contributed by atoms with Crippen LogP contribution in [-0.4, -0.2) is 14.6 Å². The normalized spacial score (nSPS) is 11.7. The Kier molecular flexibility index (Phi) is 2.72. The first-order chi connectivity index (χ1) is 9.50. The van der Waals surface area contributed by atoms with Gasteiger partial charge in [-0.1, -0.05) is 6.07 Å². The minimum Gasteiger partial charge on any atom is -0.210 e. The molecule has 0 amide bonds. The minimum atomic E-state index is -4.65. The number of aromatic nitrogens is 3. The highest BCUT2D eigenvalue weighted by Crippen LogP contribution is 2.30. The minimum absolute atomic E-state index is 0.0494. The second-order valence-electron chi connectivity index (χ2n) is 3.89. The second kappa shape index (κ2) is 4.31. The van der Waals surface area contributed by atoms with Gasteiger partial charge in [-0.3, -0.25) is 0 Å². The molecular weight excluding hydrogens is 289 g/mol. The van der Waals surface area contributed by atoms with Crippen molar-refractivity contribution in [1.82, 2.24) is 14.6 Å². The van der Waals surface area contributed by atoms with Gasteiger partial charge in [0.1, 0.15) is 6.07 Å². The third-order valence-corrected chi connectivity index (χ3v) is 3.52. The molecule has 3 rings (SSSR count). The van der Waals surface area contributed by atoms with E-state index in [1.54, 1.807) is 23.6 Å². The van der Waals surface area contributed by atoms with Crippen LogP contribution < -0.4 is 0 Å². The zero-order valence-electron chi connectivity index (χ0n) is 9.72. The first kappa shape index (κ1) is 12.6. The number of fused-ring (bicyclic) bond motifs is 1. The van der Waals surface area contributed by atoms with Gasteiger partial charge in [0, 0.05) is 0 Å². The Morgan fingerprint density at radius 2 is 2.05 bits per heavy atom. The molecule has 0 bridgehead atoms. The van der Waals surface area contributed by atoms with Crippen molar-refractivity contribution in [3.05, 3.63) is 41.0 Å². The van der Waals surface area contributed by atoms with Gasteiger partial charge in [0.25, 0.3) is 5.82 Å². The number of nitriles is 1. The highest BCUT2D eigenvalue weighted by atomic mass is 32.1. The first-order valence-corrected chi connectivity index (χ1v) is 6.29. The van der Waals surface area contributed by atoms with E-state index < -0.39 is 12.0 Å². The summed E-state index contributed by atoms with van der Waals surface area (Å²) in [7, 11) is 0. The SMILES string of the molecule is N#Cc1ccc(-c2cccs2)n2nc(C(F)(F)F)nc12. The number of nitrogens with zero attached hydrogens (tertiary/aromatic N) is 4. The standard InChI is InChI=1S/C12H5F3N4S/c13-12(14,15)11-17-10-7(6-16)3-4-8(19(10)18-11)9-2-1-5-20-9/h1-5H. The molecule has 0 N–H and O–H groups in total. The van der Waals surface area contributed by atoms with Crippen LogP contribution in [0.15, 0.2) is 29.6 Å². The average Bonchev–Trinajstić information content (AvgIpc) is 3.05. The molecule has 3 heterocycles. The Balaban J connectivity index is 2.34. The van der Waals surface area contributed by atoms with E-state index in [-0.39, 0.29) is 11.2 Å². The smallest absolute Gasteiger partial charge is 0.210 e. The molecule has 8 heteroatoms. The third-order valence-electron chi connectivity index (χ3n) is 2.63. The maximum Gasteiger partial charge on any atom is 0.453 e. The summed E-state index contributed by atoms with van der Waals surface area (Å²) in [6.07, 6.45) is -4.65. The van der Waals surface area contributed by atoms with Gasteiger partial charge in [0.2, 0.25) is 0 Å². The predicted octanol–water partition coefficient (Wildman–Crippen LogP) is 3.35. The van der Waals surface area contributed by atoms with Gasteiger partial charge in [0.05, 0.1) is 16.1 Å². The summed E-state index contributed by atoms with van der Waals surface area (Å²) < 4.78 is 39.2. The maximum absolute atomic E-state index is 12.7. The van der Waals surface area contributed by atoms with Crippen LogP contribution in [-0.2, 0) is 6.18 Å². The van der Waals surface area contributed by atoms with E-state index in [2.05, 4.69) is 10.1 Å². The molecule has 3 aromatic heterocycles. The first-order valence-electron chi connectivity index (χ1n) is 5.41. The van der Waals surface area contributed by atoms with Crippen molar-refractivity contribution in [2.75, 3.05) is 0 Å². The zero-order chi connectivity index (χ0) is 14.3. The Morgan fingerprint density at radius 3 is 2.65 bits per heavy atom. The van der Waals surface area contributed by atoms with Gasteiger partial charge in [0.15, 0.2) is 5.65 Å². The van der Waals surface area contributed by atoms with Gasteiger partial charge >= 0.3 is 6.18 Å². The largest absolute Gasteiger partial charge is 0.453 e. The van der Waals surface area contributed by atoms with Crippen molar-refractivity contribution in [2.45, 2.75) is 6.18 Å². The number of alkyl halides is 3. The van der Waals surface area contributed by atoms with Crippen molar-refractivity contribution >= 4 is 17.0 Å². The van der Waals surface area contributed by atoms with Gasteiger partial charge in [-0.25, -0.2) is 9.50 Å². The summed E-state index contributed by atoms with van der Waals surface area (Å²) in [5, 5.41) is 14.3. The summed E-state index contributed by atoms with van der Waals surface area (Å²) >= 11 is 1.37. The number of hydrogen-bond acceptors (Lipinski definition) is 4. The molecule has 0 aliphatic heterocycles. The van der Waals surface area contributed by atoms with Crippen LogP contribution in [0.2, 0.25) is 0 Å². The lowest BCUT2D eigenvalue weighted by Crippen LogP contribution is -2.07.